The number of benzene rings is 2. The lowest BCUT2D eigenvalue weighted by molar-refractivity contribution is 0.102. The molecule has 150 valence electrons. The van der Waals surface area contributed by atoms with Crippen LogP contribution in [0.25, 0.3) is 16.9 Å². The van der Waals surface area contributed by atoms with Crippen molar-refractivity contribution in [2.24, 2.45) is 0 Å². The third-order valence-corrected chi connectivity index (χ3v) is 5.45. The Bertz CT molecular complexity index is 1200. The molecule has 0 bridgehead atoms. The molecule has 0 saturated heterocycles. The second-order valence-corrected chi connectivity index (χ2v) is 7.79. The lowest BCUT2D eigenvalue weighted by Gasteiger charge is -2.11. The summed E-state index contributed by atoms with van der Waals surface area (Å²) < 4.78 is 3.86. The van der Waals surface area contributed by atoms with E-state index in [1.165, 1.54) is 12.8 Å². The lowest BCUT2D eigenvalue weighted by atomic mass is 10.1. The summed E-state index contributed by atoms with van der Waals surface area (Å²) in [5, 5.41) is 7.92. The number of nitrogens with zero attached hydrogens (tertiary/aromatic N) is 4. The molecule has 4 aromatic rings. The second-order valence-electron chi connectivity index (χ2n) is 7.35. The summed E-state index contributed by atoms with van der Waals surface area (Å²) in [4.78, 5) is 17.5. The van der Waals surface area contributed by atoms with E-state index in [4.69, 9.17) is 16.6 Å². The molecule has 7 heteroatoms. The van der Waals surface area contributed by atoms with Crippen molar-refractivity contribution in [1.29, 1.82) is 0 Å². The molecule has 1 aliphatic heterocycles. The van der Waals surface area contributed by atoms with E-state index in [0.29, 0.717) is 16.4 Å². The SMILES string of the molecule is O=C(Nc1cccc(-c2cn3c(n2)CCCC3)c1)c1ccn(-c2cccc(Cl)c2)n1. The summed E-state index contributed by atoms with van der Waals surface area (Å²) in [7, 11) is 0. The molecule has 6 nitrogen and oxygen atoms in total. The maximum atomic E-state index is 12.7. The third kappa shape index (κ3) is 3.74. The van der Waals surface area contributed by atoms with E-state index >= 15 is 0 Å². The molecule has 1 aliphatic rings. The van der Waals surface area contributed by atoms with Gasteiger partial charge >= 0.3 is 0 Å². The fraction of sp³-hybridized carbons (Fsp3) is 0.174. The molecule has 0 atom stereocenters. The van der Waals surface area contributed by atoms with Gasteiger partial charge in [-0.2, -0.15) is 5.10 Å². The van der Waals surface area contributed by atoms with E-state index in [-0.39, 0.29) is 5.91 Å². The monoisotopic (exact) mass is 417 g/mol. The Balaban J connectivity index is 1.34. The molecule has 0 fully saturated rings. The number of imidazole rings is 1. The van der Waals surface area contributed by atoms with Gasteiger partial charge in [-0.1, -0.05) is 29.8 Å². The molecule has 0 saturated carbocycles. The standard InChI is InChI=1S/C23H20ClN5O/c24-17-6-4-8-19(14-17)29-12-10-20(27-29)23(30)25-18-7-3-5-16(13-18)21-15-28-11-2-1-9-22(28)26-21/h3-8,10,12-15H,1-2,9,11H2,(H,25,30). The molecule has 3 heterocycles. The molecule has 5 rings (SSSR count). The number of aromatic nitrogens is 4. The van der Waals surface area contributed by atoms with E-state index in [9.17, 15) is 4.79 Å². The number of halogens is 1. The normalized spacial score (nSPS) is 13.1. The van der Waals surface area contributed by atoms with Crippen LogP contribution in [-0.2, 0) is 13.0 Å². The Morgan fingerprint density at radius 3 is 2.83 bits per heavy atom. The zero-order valence-corrected chi connectivity index (χ0v) is 17.0. The molecule has 0 spiro atoms. The average Bonchev–Trinajstić information content (AvgIpc) is 3.41. The number of hydrogen-bond donors (Lipinski definition) is 1. The van der Waals surface area contributed by atoms with Crippen LogP contribution < -0.4 is 5.32 Å². The van der Waals surface area contributed by atoms with E-state index in [0.717, 1.165) is 35.7 Å². The van der Waals surface area contributed by atoms with Gasteiger partial charge in [0.15, 0.2) is 5.69 Å². The van der Waals surface area contributed by atoms with Crippen LogP contribution in [0.15, 0.2) is 67.0 Å². The molecule has 2 aromatic heterocycles. The largest absolute Gasteiger partial charge is 0.334 e. The van der Waals surface area contributed by atoms with Crippen molar-refractivity contribution >= 4 is 23.2 Å². The molecule has 0 unspecified atom stereocenters. The number of hydrogen-bond acceptors (Lipinski definition) is 3. The van der Waals surface area contributed by atoms with Gasteiger partial charge in [-0.3, -0.25) is 4.79 Å². The predicted molar refractivity (Wildman–Crippen MR) is 117 cm³/mol. The minimum absolute atomic E-state index is 0.267. The third-order valence-electron chi connectivity index (χ3n) is 5.22. The number of anilines is 1. The zero-order valence-electron chi connectivity index (χ0n) is 16.3. The summed E-state index contributed by atoms with van der Waals surface area (Å²) >= 11 is 6.04. The van der Waals surface area contributed by atoms with Crippen LogP contribution >= 0.6 is 11.6 Å². The molecular weight excluding hydrogens is 398 g/mol. The zero-order chi connectivity index (χ0) is 20.5. The Morgan fingerprint density at radius 1 is 1.07 bits per heavy atom. The number of amides is 1. The highest BCUT2D eigenvalue weighted by atomic mass is 35.5. The molecule has 1 N–H and O–H groups in total. The fourth-order valence-electron chi connectivity index (χ4n) is 3.71. The molecular formula is C23H20ClN5O. The Hall–Kier alpha value is -3.38. The van der Waals surface area contributed by atoms with Crippen LogP contribution in [0.5, 0.6) is 0 Å². The van der Waals surface area contributed by atoms with Gasteiger partial charge in [0, 0.05) is 41.6 Å². The molecule has 1 amide bonds. The Morgan fingerprint density at radius 2 is 1.97 bits per heavy atom. The van der Waals surface area contributed by atoms with Gasteiger partial charge in [0.1, 0.15) is 5.82 Å². The highest BCUT2D eigenvalue weighted by Crippen LogP contribution is 2.25. The number of carbonyl (C=O) groups is 1. The van der Waals surface area contributed by atoms with Crippen molar-refractivity contribution in [3.63, 3.8) is 0 Å². The molecule has 30 heavy (non-hydrogen) atoms. The quantitative estimate of drug-likeness (QED) is 0.509. The number of nitrogens with one attached hydrogen (secondary N) is 1. The summed E-state index contributed by atoms with van der Waals surface area (Å²) in [5.74, 6) is 0.870. The summed E-state index contributed by atoms with van der Waals surface area (Å²) in [6, 6.07) is 16.8. The van der Waals surface area contributed by atoms with Crippen LogP contribution in [0.2, 0.25) is 5.02 Å². The second kappa shape index (κ2) is 7.80. The smallest absolute Gasteiger partial charge is 0.276 e. The van der Waals surface area contributed by atoms with Crippen molar-refractivity contribution in [1.82, 2.24) is 19.3 Å². The van der Waals surface area contributed by atoms with E-state index in [1.807, 2.05) is 36.4 Å². The Kier molecular flexibility index (Phi) is 4.85. The number of rotatable bonds is 4. The van der Waals surface area contributed by atoms with Crippen molar-refractivity contribution in [3.05, 3.63) is 83.5 Å². The highest BCUT2D eigenvalue weighted by molar-refractivity contribution is 6.30. The van der Waals surface area contributed by atoms with Gasteiger partial charge in [-0.25, -0.2) is 9.67 Å². The first-order valence-electron chi connectivity index (χ1n) is 9.95. The number of aryl methyl sites for hydroxylation is 2. The fourth-order valence-corrected chi connectivity index (χ4v) is 3.90. The van der Waals surface area contributed by atoms with E-state index < -0.39 is 0 Å². The van der Waals surface area contributed by atoms with Gasteiger partial charge in [0.2, 0.25) is 0 Å². The maximum Gasteiger partial charge on any atom is 0.276 e. The summed E-state index contributed by atoms with van der Waals surface area (Å²) in [6.45, 7) is 1.02. The van der Waals surface area contributed by atoms with Crippen molar-refractivity contribution in [3.8, 4) is 16.9 Å². The average molecular weight is 418 g/mol. The highest BCUT2D eigenvalue weighted by Gasteiger charge is 2.15. The van der Waals surface area contributed by atoms with Crippen molar-refractivity contribution < 1.29 is 4.79 Å². The van der Waals surface area contributed by atoms with Crippen LogP contribution in [0.4, 0.5) is 5.69 Å². The molecule has 0 aliphatic carbocycles. The number of fused-ring (bicyclic) bond motifs is 1. The van der Waals surface area contributed by atoms with Crippen LogP contribution in [0, 0.1) is 0 Å². The maximum absolute atomic E-state index is 12.7. The Labute approximate surface area is 179 Å². The minimum Gasteiger partial charge on any atom is -0.334 e. The molecule has 0 radical (unpaired) electrons. The summed E-state index contributed by atoms with van der Waals surface area (Å²) in [6.07, 6.45) is 7.25. The predicted octanol–water partition coefficient (Wildman–Crippen LogP) is 4.98. The van der Waals surface area contributed by atoms with Gasteiger partial charge in [0.25, 0.3) is 5.91 Å². The van der Waals surface area contributed by atoms with Gasteiger partial charge in [-0.15, -0.1) is 0 Å². The first-order valence-corrected chi connectivity index (χ1v) is 10.3. The lowest BCUT2D eigenvalue weighted by Crippen LogP contribution is -2.13. The van der Waals surface area contributed by atoms with Crippen LogP contribution in [0.3, 0.4) is 0 Å². The number of carbonyl (C=O) groups excluding carboxylic acids is 1. The van der Waals surface area contributed by atoms with Crippen LogP contribution in [0.1, 0.15) is 29.2 Å². The van der Waals surface area contributed by atoms with Crippen LogP contribution in [-0.4, -0.2) is 25.2 Å². The topological polar surface area (TPSA) is 64.7 Å². The first kappa shape index (κ1) is 18.6. The van der Waals surface area contributed by atoms with Gasteiger partial charge in [-0.05, 0) is 49.2 Å². The van der Waals surface area contributed by atoms with Crippen molar-refractivity contribution in [2.45, 2.75) is 25.8 Å². The van der Waals surface area contributed by atoms with E-state index in [2.05, 4.69) is 21.2 Å². The van der Waals surface area contributed by atoms with Gasteiger partial charge < -0.3 is 9.88 Å². The first-order chi connectivity index (χ1) is 14.7. The minimum atomic E-state index is -0.267. The van der Waals surface area contributed by atoms with Gasteiger partial charge in [0.05, 0.1) is 11.4 Å². The van der Waals surface area contributed by atoms with Crippen molar-refractivity contribution in [2.75, 3.05) is 5.32 Å². The summed E-state index contributed by atoms with van der Waals surface area (Å²) in [5.41, 5.74) is 3.76. The van der Waals surface area contributed by atoms with E-state index in [1.54, 1.807) is 29.1 Å². The molecule has 2 aromatic carbocycles.